The van der Waals surface area contributed by atoms with Crippen molar-refractivity contribution in [2.75, 3.05) is 0 Å². The van der Waals surface area contributed by atoms with Crippen molar-refractivity contribution in [3.8, 4) is 0 Å². The Hall–Kier alpha value is 0.01000. The Morgan fingerprint density at radius 1 is 1.33 bits per heavy atom. The molecule has 0 atom stereocenters. The van der Waals surface area contributed by atoms with E-state index in [-0.39, 0.29) is 8.17 Å². The Kier molecular flexibility index (Phi) is 3.90. The highest BCUT2D eigenvalue weighted by molar-refractivity contribution is 14.1. The summed E-state index contributed by atoms with van der Waals surface area (Å²) in [5, 5.41) is 0. The first kappa shape index (κ1) is 13.1. The molecule has 0 N–H and O–H groups in total. The summed E-state index contributed by atoms with van der Waals surface area (Å²) < 4.78 is 61.0. The summed E-state index contributed by atoms with van der Waals surface area (Å²) >= 11 is 4.10. The van der Waals surface area contributed by atoms with Crippen LogP contribution >= 0.6 is 38.5 Å². The second-order valence-electron chi connectivity index (χ2n) is 2.50. The summed E-state index contributed by atoms with van der Waals surface area (Å²) in [5.74, 6) is 0. The van der Waals surface area contributed by atoms with Crippen LogP contribution < -0.4 is 0 Å². The maximum absolute atomic E-state index is 12.4. The molecule has 0 amide bonds. The molecule has 84 valence electrons. The number of alkyl halides is 5. The molecule has 1 heterocycles. The third-order valence-electron chi connectivity index (χ3n) is 1.47. The van der Waals surface area contributed by atoms with Crippen molar-refractivity contribution in [3.05, 3.63) is 25.5 Å². The number of halogens is 7. The Labute approximate surface area is 103 Å². The summed E-state index contributed by atoms with van der Waals surface area (Å²) in [7, 11) is 0. The predicted octanol–water partition coefficient (Wildman–Crippen LogP) is 4.41. The molecule has 1 rings (SSSR count). The number of pyridine rings is 1. The molecule has 0 saturated heterocycles. The second-order valence-corrected chi connectivity index (χ2v) is 4.33. The fourth-order valence-corrected chi connectivity index (χ4v) is 1.84. The van der Waals surface area contributed by atoms with Gasteiger partial charge < -0.3 is 0 Å². The maximum atomic E-state index is 12.4. The third-order valence-corrected chi connectivity index (χ3v) is 3.87. The van der Waals surface area contributed by atoms with E-state index in [1.54, 1.807) is 0 Å². The molecule has 1 aromatic rings. The first-order chi connectivity index (χ1) is 6.73. The van der Waals surface area contributed by atoms with Crippen molar-refractivity contribution in [2.45, 2.75) is 12.6 Å². The lowest BCUT2D eigenvalue weighted by Gasteiger charge is -2.11. The molecule has 0 bridgehead atoms. The minimum absolute atomic E-state index is 0.228. The molecular formula is C7H2BrF5IN. The summed E-state index contributed by atoms with van der Waals surface area (Å²) in [6, 6.07) is 0.358. The van der Waals surface area contributed by atoms with Crippen LogP contribution in [-0.2, 0) is 6.18 Å². The highest BCUT2D eigenvalue weighted by Crippen LogP contribution is 2.37. The van der Waals surface area contributed by atoms with Gasteiger partial charge in [-0.05, 0) is 44.6 Å². The van der Waals surface area contributed by atoms with Gasteiger partial charge in [-0.15, -0.1) is 0 Å². The number of aromatic nitrogens is 1. The first-order valence-electron chi connectivity index (χ1n) is 3.44. The molecule has 0 aliphatic carbocycles. The van der Waals surface area contributed by atoms with Crippen molar-refractivity contribution in [2.24, 2.45) is 0 Å². The van der Waals surface area contributed by atoms with E-state index in [9.17, 15) is 22.0 Å². The van der Waals surface area contributed by atoms with Crippen LogP contribution in [0.2, 0.25) is 0 Å². The fourth-order valence-electron chi connectivity index (χ4n) is 0.835. The van der Waals surface area contributed by atoms with Gasteiger partial charge in [-0.3, -0.25) is 0 Å². The monoisotopic (exact) mass is 401 g/mol. The van der Waals surface area contributed by atoms with Crippen LogP contribution in [0.5, 0.6) is 0 Å². The smallest absolute Gasteiger partial charge is 0.239 e. The largest absolute Gasteiger partial charge is 0.417 e. The maximum Gasteiger partial charge on any atom is 0.417 e. The number of rotatable bonds is 1. The van der Waals surface area contributed by atoms with Gasteiger partial charge in [0.2, 0.25) is 0 Å². The topological polar surface area (TPSA) is 12.9 Å². The number of nitrogens with zero attached hydrogens (tertiary/aromatic N) is 1. The standard InChI is InChI=1S/C7H2BrF5IN/c8-5-4(14)2(7(11,12)13)1-3(15-5)6(9)10/h1,6H. The molecule has 1 aromatic heterocycles. The zero-order chi connectivity index (χ0) is 11.8. The van der Waals surface area contributed by atoms with Crippen LogP contribution in [0.3, 0.4) is 0 Å². The Balaban J connectivity index is 3.38. The molecule has 0 aromatic carbocycles. The number of hydrogen-bond donors (Lipinski definition) is 0. The minimum atomic E-state index is -4.66. The molecule has 0 fully saturated rings. The van der Waals surface area contributed by atoms with Crippen molar-refractivity contribution in [3.63, 3.8) is 0 Å². The quantitative estimate of drug-likeness (QED) is 0.386. The van der Waals surface area contributed by atoms with E-state index in [1.165, 1.54) is 22.6 Å². The van der Waals surface area contributed by atoms with Gasteiger partial charge in [-0.25, -0.2) is 13.8 Å². The van der Waals surface area contributed by atoms with Crippen molar-refractivity contribution < 1.29 is 22.0 Å². The van der Waals surface area contributed by atoms with E-state index in [4.69, 9.17) is 0 Å². The SMILES string of the molecule is FC(F)c1cc(C(F)(F)F)c(I)c(Br)n1. The molecule has 1 nitrogen and oxygen atoms in total. The minimum Gasteiger partial charge on any atom is -0.239 e. The van der Waals surface area contributed by atoms with E-state index in [1.807, 2.05) is 0 Å². The van der Waals surface area contributed by atoms with E-state index < -0.39 is 23.9 Å². The Morgan fingerprint density at radius 3 is 2.27 bits per heavy atom. The van der Waals surface area contributed by atoms with Crippen molar-refractivity contribution in [1.82, 2.24) is 4.98 Å². The third kappa shape index (κ3) is 2.99. The van der Waals surface area contributed by atoms with Gasteiger partial charge in [0.1, 0.15) is 10.3 Å². The fraction of sp³-hybridized carbons (Fsp3) is 0.286. The van der Waals surface area contributed by atoms with E-state index in [0.717, 1.165) is 0 Å². The molecule has 0 saturated carbocycles. The van der Waals surface area contributed by atoms with Gasteiger partial charge in [-0.1, -0.05) is 0 Å². The van der Waals surface area contributed by atoms with Crippen LogP contribution in [0.1, 0.15) is 17.7 Å². The summed E-state index contributed by atoms with van der Waals surface area (Å²) in [6.07, 6.45) is -7.69. The lowest BCUT2D eigenvalue weighted by molar-refractivity contribution is -0.138. The van der Waals surface area contributed by atoms with Gasteiger partial charge in [0.05, 0.1) is 9.13 Å². The lowest BCUT2D eigenvalue weighted by Crippen LogP contribution is -2.10. The summed E-state index contributed by atoms with van der Waals surface area (Å²) in [6.45, 7) is 0. The molecule has 0 radical (unpaired) electrons. The van der Waals surface area contributed by atoms with Crippen LogP contribution in [0.25, 0.3) is 0 Å². The lowest BCUT2D eigenvalue weighted by atomic mass is 10.2. The van der Waals surface area contributed by atoms with Crippen LogP contribution in [-0.4, -0.2) is 4.98 Å². The highest BCUT2D eigenvalue weighted by Gasteiger charge is 2.35. The van der Waals surface area contributed by atoms with Gasteiger partial charge in [0.15, 0.2) is 0 Å². The van der Waals surface area contributed by atoms with Gasteiger partial charge in [0, 0.05) is 0 Å². The zero-order valence-electron chi connectivity index (χ0n) is 6.75. The molecule has 15 heavy (non-hydrogen) atoms. The molecule has 0 aliphatic rings. The van der Waals surface area contributed by atoms with E-state index >= 15 is 0 Å². The summed E-state index contributed by atoms with van der Waals surface area (Å²) in [4.78, 5) is 3.31. The zero-order valence-corrected chi connectivity index (χ0v) is 10.5. The van der Waals surface area contributed by atoms with Gasteiger partial charge >= 0.3 is 6.18 Å². The highest BCUT2D eigenvalue weighted by atomic mass is 127. The van der Waals surface area contributed by atoms with Crippen molar-refractivity contribution >= 4 is 38.5 Å². The van der Waals surface area contributed by atoms with Crippen LogP contribution in [0.15, 0.2) is 10.7 Å². The van der Waals surface area contributed by atoms with Crippen LogP contribution in [0.4, 0.5) is 22.0 Å². The average molecular weight is 402 g/mol. The van der Waals surface area contributed by atoms with Crippen LogP contribution in [0, 0.1) is 3.57 Å². The predicted molar refractivity (Wildman–Crippen MR) is 54.6 cm³/mol. The summed E-state index contributed by atoms with van der Waals surface area (Å²) in [5.41, 5.74) is -2.00. The normalized spacial score (nSPS) is 12.3. The van der Waals surface area contributed by atoms with E-state index in [2.05, 4.69) is 20.9 Å². The number of hydrogen-bond acceptors (Lipinski definition) is 1. The van der Waals surface area contributed by atoms with Gasteiger partial charge in [0.25, 0.3) is 6.43 Å². The Morgan fingerprint density at radius 2 is 1.87 bits per heavy atom. The van der Waals surface area contributed by atoms with E-state index in [0.29, 0.717) is 6.07 Å². The molecule has 8 heteroatoms. The van der Waals surface area contributed by atoms with Crippen molar-refractivity contribution in [1.29, 1.82) is 0 Å². The average Bonchev–Trinajstić information content (AvgIpc) is 2.06. The molecule has 0 spiro atoms. The second kappa shape index (κ2) is 4.48. The van der Waals surface area contributed by atoms with Gasteiger partial charge in [-0.2, -0.15) is 13.2 Å². The Bertz CT molecular complexity index is 378. The molecular weight excluding hydrogens is 400 g/mol. The molecule has 0 unspecified atom stereocenters. The molecule has 0 aliphatic heterocycles. The first-order valence-corrected chi connectivity index (χ1v) is 5.32.